The van der Waals surface area contributed by atoms with Crippen molar-refractivity contribution in [1.82, 2.24) is 5.32 Å². The van der Waals surface area contributed by atoms with E-state index in [0.29, 0.717) is 5.92 Å². The number of nitrogens with one attached hydrogen (secondary N) is 2. The zero-order chi connectivity index (χ0) is 15.0. The van der Waals surface area contributed by atoms with Crippen molar-refractivity contribution in [3.8, 4) is 0 Å². The van der Waals surface area contributed by atoms with Crippen LogP contribution in [0.5, 0.6) is 0 Å². The third-order valence-corrected chi connectivity index (χ3v) is 3.28. The van der Waals surface area contributed by atoms with E-state index in [0.717, 1.165) is 37.1 Å². The van der Waals surface area contributed by atoms with E-state index in [1.54, 1.807) is 0 Å². The average molecular weight is 276 g/mol. The van der Waals surface area contributed by atoms with Gasteiger partial charge in [0.2, 0.25) is 0 Å². The predicted molar refractivity (Wildman–Crippen MR) is 86.2 cm³/mol. The van der Waals surface area contributed by atoms with Crippen LogP contribution in [0.25, 0.3) is 0 Å². The molecular weight excluding hydrogens is 248 g/mol. The molecule has 3 nitrogen and oxygen atoms in total. The fourth-order valence-corrected chi connectivity index (χ4v) is 1.97. The van der Waals surface area contributed by atoms with Gasteiger partial charge in [0.15, 0.2) is 0 Å². The molecule has 0 radical (unpaired) electrons. The summed E-state index contributed by atoms with van der Waals surface area (Å²) in [6.45, 7) is 9.57. The number of amides is 1. The molecule has 0 saturated carbocycles. The monoisotopic (exact) mass is 276 g/mol. The fraction of sp³-hybridized carbons (Fsp3) is 0.588. The summed E-state index contributed by atoms with van der Waals surface area (Å²) >= 11 is 0. The molecule has 2 N–H and O–H groups in total. The van der Waals surface area contributed by atoms with Gasteiger partial charge >= 0.3 is 0 Å². The van der Waals surface area contributed by atoms with Gasteiger partial charge in [0, 0.05) is 23.8 Å². The minimum atomic E-state index is 0.0169. The SMILES string of the molecule is CCCNc1ccc(C(=O)NC(C)CCC(C)C)cc1. The molecule has 112 valence electrons. The van der Waals surface area contributed by atoms with E-state index in [4.69, 9.17) is 0 Å². The summed E-state index contributed by atoms with van der Waals surface area (Å²) in [5, 5.41) is 6.36. The van der Waals surface area contributed by atoms with Gasteiger partial charge in [0.1, 0.15) is 0 Å². The van der Waals surface area contributed by atoms with Crippen LogP contribution in [0.1, 0.15) is 57.3 Å². The number of benzene rings is 1. The van der Waals surface area contributed by atoms with Crippen LogP contribution in [0.3, 0.4) is 0 Å². The molecule has 1 atom stereocenters. The van der Waals surface area contributed by atoms with Crippen LogP contribution >= 0.6 is 0 Å². The summed E-state index contributed by atoms with van der Waals surface area (Å²) in [4.78, 5) is 12.1. The molecule has 1 aromatic rings. The Morgan fingerprint density at radius 2 is 1.75 bits per heavy atom. The molecule has 1 amide bonds. The van der Waals surface area contributed by atoms with Crippen LogP contribution in [-0.4, -0.2) is 18.5 Å². The summed E-state index contributed by atoms with van der Waals surface area (Å²) in [5.74, 6) is 0.696. The van der Waals surface area contributed by atoms with Crippen LogP contribution in [0.2, 0.25) is 0 Å². The van der Waals surface area contributed by atoms with Crippen molar-refractivity contribution in [2.45, 2.75) is 53.0 Å². The number of anilines is 1. The van der Waals surface area contributed by atoms with Crippen LogP contribution in [0.4, 0.5) is 5.69 Å². The third kappa shape index (κ3) is 6.09. The van der Waals surface area contributed by atoms with Gasteiger partial charge in [-0.25, -0.2) is 0 Å². The van der Waals surface area contributed by atoms with Crippen molar-refractivity contribution in [3.63, 3.8) is 0 Å². The van der Waals surface area contributed by atoms with Gasteiger partial charge in [-0.3, -0.25) is 4.79 Å². The van der Waals surface area contributed by atoms with Gasteiger partial charge < -0.3 is 10.6 Å². The first kappa shape index (κ1) is 16.5. The van der Waals surface area contributed by atoms with E-state index >= 15 is 0 Å². The Morgan fingerprint density at radius 3 is 2.30 bits per heavy atom. The molecule has 20 heavy (non-hydrogen) atoms. The summed E-state index contributed by atoms with van der Waals surface area (Å²) in [6, 6.07) is 7.90. The maximum atomic E-state index is 12.1. The van der Waals surface area contributed by atoms with Crippen molar-refractivity contribution in [2.75, 3.05) is 11.9 Å². The molecule has 0 aromatic heterocycles. The molecule has 0 spiro atoms. The lowest BCUT2D eigenvalue weighted by Gasteiger charge is -2.15. The molecule has 3 heteroatoms. The number of hydrogen-bond acceptors (Lipinski definition) is 2. The van der Waals surface area contributed by atoms with Gasteiger partial charge in [-0.05, 0) is 56.4 Å². The van der Waals surface area contributed by atoms with Gasteiger partial charge in [-0.2, -0.15) is 0 Å². The predicted octanol–water partition coefficient (Wildman–Crippen LogP) is 4.06. The lowest BCUT2D eigenvalue weighted by molar-refractivity contribution is 0.0937. The number of carbonyl (C=O) groups excluding carboxylic acids is 1. The highest BCUT2D eigenvalue weighted by Gasteiger charge is 2.10. The van der Waals surface area contributed by atoms with Crippen molar-refractivity contribution < 1.29 is 4.79 Å². The molecule has 0 aliphatic heterocycles. The average Bonchev–Trinajstić information content (AvgIpc) is 2.43. The largest absolute Gasteiger partial charge is 0.385 e. The van der Waals surface area contributed by atoms with Crippen LogP contribution in [0.15, 0.2) is 24.3 Å². The zero-order valence-corrected chi connectivity index (χ0v) is 13.2. The fourth-order valence-electron chi connectivity index (χ4n) is 1.97. The number of carbonyl (C=O) groups is 1. The van der Waals surface area contributed by atoms with Crippen molar-refractivity contribution >= 4 is 11.6 Å². The summed E-state index contributed by atoms with van der Waals surface area (Å²) in [6.07, 6.45) is 3.26. The van der Waals surface area contributed by atoms with E-state index < -0.39 is 0 Å². The highest BCUT2D eigenvalue weighted by atomic mass is 16.1. The van der Waals surface area contributed by atoms with Crippen LogP contribution < -0.4 is 10.6 Å². The van der Waals surface area contributed by atoms with E-state index in [2.05, 4.69) is 38.3 Å². The standard InChI is InChI=1S/C17H28N2O/c1-5-12-18-16-10-8-15(9-11-16)17(20)19-14(4)7-6-13(2)3/h8-11,13-14,18H,5-7,12H2,1-4H3,(H,19,20). The Hall–Kier alpha value is -1.51. The van der Waals surface area contributed by atoms with Crippen LogP contribution in [0, 0.1) is 5.92 Å². The van der Waals surface area contributed by atoms with E-state index in [1.165, 1.54) is 0 Å². The summed E-state index contributed by atoms with van der Waals surface area (Å²) < 4.78 is 0. The Bertz CT molecular complexity index is 398. The van der Waals surface area contributed by atoms with Gasteiger partial charge in [-0.1, -0.05) is 20.8 Å². The molecular formula is C17H28N2O. The second-order valence-corrected chi connectivity index (χ2v) is 5.85. The molecule has 0 fully saturated rings. The maximum Gasteiger partial charge on any atom is 0.251 e. The first-order chi connectivity index (χ1) is 9.52. The quantitative estimate of drug-likeness (QED) is 0.751. The second kappa shape index (κ2) is 8.62. The van der Waals surface area contributed by atoms with Gasteiger partial charge in [-0.15, -0.1) is 0 Å². The van der Waals surface area contributed by atoms with E-state index in [-0.39, 0.29) is 11.9 Å². The Kier molecular flexibility index (Phi) is 7.13. The Labute approximate surface area is 123 Å². The molecule has 0 aliphatic rings. The first-order valence-corrected chi connectivity index (χ1v) is 7.67. The minimum absolute atomic E-state index is 0.0169. The Morgan fingerprint density at radius 1 is 1.10 bits per heavy atom. The second-order valence-electron chi connectivity index (χ2n) is 5.85. The summed E-state index contributed by atoms with van der Waals surface area (Å²) in [7, 11) is 0. The van der Waals surface area contributed by atoms with Crippen molar-refractivity contribution in [3.05, 3.63) is 29.8 Å². The molecule has 0 heterocycles. The smallest absolute Gasteiger partial charge is 0.251 e. The first-order valence-electron chi connectivity index (χ1n) is 7.67. The molecule has 0 aliphatic carbocycles. The molecule has 0 bridgehead atoms. The molecule has 1 unspecified atom stereocenters. The molecule has 0 saturated heterocycles. The van der Waals surface area contributed by atoms with Crippen molar-refractivity contribution in [2.24, 2.45) is 5.92 Å². The minimum Gasteiger partial charge on any atom is -0.385 e. The topological polar surface area (TPSA) is 41.1 Å². The molecule has 1 aromatic carbocycles. The number of rotatable bonds is 8. The normalized spacial score (nSPS) is 12.2. The molecule has 1 rings (SSSR count). The highest BCUT2D eigenvalue weighted by Crippen LogP contribution is 2.11. The van der Waals surface area contributed by atoms with E-state index in [9.17, 15) is 4.79 Å². The maximum absolute atomic E-state index is 12.1. The van der Waals surface area contributed by atoms with Gasteiger partial charge in [0.25, 0.3) is 5.91 Å². The highest BCUT2D eigenvalue weighted by molar-refractivity contribution is 5.94. The lowest BCUT2D eigenvalue weighted by Crippen LogP contribution is -2.32. The third-order valence-electron chi connectivity index (χ3n) is 3.28. The Balaban J connectivity index is 2.46. The van der Waals surface area contributed by atoms with Gasteiger partial charge in [0.05, 0.1) is 0 Å². The number of hydrogen-bond donors (Lipinski definition) is 2. The van der Waals surface area contributed by atoms with E-state index in [1.807, 2.05) is 24.3 Å². The van der Waals surface area contributed by atoms with Crippen molar-refractivity contribution in [1.29, 1.82) is 0 Å². The lowest BCUT2D eigenvalue weighted by atomic mass is 10.0. The summed E-state index contributed by atoms with van der Waals surface area (Å²) in [5.41, 5.74) is 1.79. The van der Waals surface area contributed by atoms with Crippen LogP contribution in [-0.2, 0) is 0 Å². The zero-order valence-electron chi connectivity index (χ0n) is 13.2.